The van der Waals surface area contributed by atoms with Crippen LogP contribution in [0.5, 0.6) is 5.75 Å². The van der Waals surface area contributed by atoms with Gasteiger partial charge in [0, 0.05) is 31.7 Å². The average molecular weight is 1100 g/mol. The van der Waals surface area contributed by atoms with Crippen LogP contribution in [0.1, 0.15) is 64.3 Å². The summed E-state index contributed by atoms with van der Waals surface area (Å²) in [5, 5.41) is 25.9. The first-order chi connectivity index (χ1) is 39.1. The van der Waals surface area contributed by atoms with Gasteiger partial charge in [0.15, 0.2) is 5.78 Å². The number of hydrogen-bond donors (Lipinski definition) is 7. The fourth-order valence-electron chi connectivity index (χ4n) is 8.07. The molecule has 0 aromatic heterocycles. The van der Waals surface area contributed by atoms with E-state index in [1.807, 2.05) is 54.6 Å². The molecule has 0 spiro atoms. The number of nitrogens with one attached hydrogen (secondary N) is 6. The van der Waals surface area contributed by atoms with Crippen LogP contribution in [0.15, 0.2) is 174 Å². The van der Waals surface area contributed by atoms with Crippen LogP contribution in [-0.2, 0) is 72.6 Å². The molecule has 0 aliphatic heterocycles. The van der Waals surface area contributed by atoms with Crippen LogP contribution in [0.25, 0.3) is 0 Å². The lowest BCUT2D eigenvalue weighted by atomic mass is 9.91. The van der Waals surface area contributed by atoms with Crippen molar-refractivity contribution >= 4 is 53.9 Å². The van der Waals surface area contributed by atoms with Gasteiger partial charge in [-0.15, -0.1) is 0 Å². The Balaban J connectivity index is 1.13. The maximum Gasteiger partial charge on any atom is 0.414 e. The topological polar surface area (TPSA) is 274 Å². The molecule has 7 N–H and O–H groups in total. The lowest BCUT2D eigenvalue weighted by molar-refractivity contribution is -0.129. The molecule has 0 saturated carbocycles. The summed E-state index contributed by atoms with van der Waals surface area (Å²) >= 11 is 0. The molecule has 0 bridgehead atoms. The van der Waals surface area contributed by atoms with Gasteiger partial charge in [0.2, 0.25) is 23.7 Å². The maximum atomic E-state index is 14.5. The summed E-state index contributed by atoms with van der Waals surface area (Å²) < 4.78 is 21.5. The Morgan fingerprint density at radius 2 is 0.901 bits per heavy atom. The van der Waals surface area contributed by atoms with Crippen molar-refractivity contribution in [3.8, 4) is 5.75 Å². The van der Waals surface area contributed by atoms with Crippen molar-refractivity contribution in [2.45, 2.75) is 85.0 Å². The quantitative estimate of drug-likeness (QED) is 0.0182. The highest BCUT2D eigenvalue weighted by molar-refractivity contribution is 6.03. The number of carbonyl (C=O) groups excluding carboxylic acids is 7. The van der Waals surface area contributed by atoms with E-state index in [9.17, 15) is 38.7 Å². The molecular weight excluding hydrogens is 1040 g/mol. The summed E-state index contributed by atoms with van der Waals surface area (Å²) in [4.78, 5) is 103. The van der Waals surface area contributed by atoms with Crippen molar-refractivity contribution in [1.82, 2.24) is 31.9 Å². The zero-order chi connectivity index (χ0) is 57.8. The van der Waals surface area contributed by atoms with Crippen LogP contribution < -0.4 is 31.9 Å². The Bertz CT molecular complexity index is 2950. The molecule has 81 heavy (non-hydrogen) atoms. The molecule has 0 fully saturated rings. The number of phenolic OH excluding ortho intramolecular Hbond substituents is 1. The van der Waals surface area contributed by atoms with Gasteiger partial charge >= 0.3 is 24.4 Å². The summed E-state index contributed by atoms with van der Waals surface area (Å²) in [6, 6.07) is 46.0. The van der Waals surface area contributed by atoms with Gasteiger partial charge in [-0.3, -0.25) is 40.6 Å². The third-order valence-electron chi connectivity index (χ3n) is 12.2. The number of Topliss-reactive ketones (excluding diaryl/α,β-unsaturated/α-hetero) is 1. The number of ether oxygens (including phenoxy) is 4. The van der Waals surface area contributed by atoms with E-state index < -0.39 is 65.9 Å². The highest BCUT2D eigenvalue weighted by atomic mass is 16.6. The van der Waals surface area contributed by atoms with Gasteiger partial charge in [-0.1, -0.05) is 159 Å². The van der Waals surface area contributed by atoms with Crippen LogP contribution in [-0.4, -0.2) is 84.2 Å². The molecular formula is C61H66N8O12. The third-order valence-corrected chi connectivity index (χ3v) is 12.2. The van der Waals surface area contributed by atoms with Crippen LogP contribution in [0.2, 0.25) is 0 Å². The van der Waals surface area contributed by atoms with Gasteiger partial charge in [0.25, 0.3) is 0 Å². The standard InChI is InChI=1S/C61H66N8O12/c1-41-31-50(70)32-42(2)51(41)35-52(65-57(68-60(76)80-39-47-25-15-7-16-26-47)69-61(77)81-40-48-27-17-8-18-28-48)53(71)33-43(3)55(73)63-36-49(34-44-19-9-4-10-20-44)64-54(72)29-30-62-56(66-58(74)78-37-45-21-11-5-12-22-45)67-59(75)79-38-46-23-13-6-14-24-46/h4-28,31-32,43,49,52,70H,29-30,33-40H2,1-3H3,(H,63,73)(H,64,72)(H2,62,66,67,74,75)(H2,65,68,69,76,77)/t43-,49-,52-/m0/s1. The van der Waals surface area contributed by atoms with Crippen molar-refractivity contribution < 1.29 is 57.6 Å². The Morgan fingerprint density at radius 3 is 1.31 bits per heavy atom. The highest BCUT2D eigenvalue weighted by Crippen LogP contribution is 2.24. The monoisotopic (exact) mass is 1100 g/mol. The van der Waals surface area contributed by atoms with E-state index in [1.165, 1.54) is 12.1 Å². The SMILES string of the molecule is Cc1cc(O)cc(C)c1C[C@H](N=C(NC(=O)OCc1ccccc1)NC(=O)OCc1ccccc1)C(=O)C[C@H](C)C(=O)NC[C@H](Cc1ccccc1)NC(=O)CCN=C(NC(=O)OCc1ccccc1)NC(=O)OCc1ccccc1. The smallest absolute Gasteiger partial charge is 0.414 e. The van der Waals surface area contributed by atoms with Gasteiger partial charge < -0.3 is 34.7 Å². The number of aromatic hydroxyl groups is 1. The number of amides is 6. The summed E-state index contributed by atoms with van der Waals surface area (Å²) in [5.41, 5.74) is 5.61. The van der Waals surface area contributed by atoms with Crippen LogP contribution in [0.3, 0.4) is 0 Å². The number of aryl methyl sites for hydroxylation is 2. The number of rotatable bonds is 23. The number of hydrogen-bond acceptors (Lipinski definition) is 14. The van der Waals surface area contributed by atoms with E-state index in [2.05, 4.69) is 41.9 Å². The molecule has 0 aliphatic rings. The number of nitrogens with zero attached hydrogens (tertiary/aromatic N) is 2. The lowest BCUT2D eigenvalue weighted by Crippen LogP contribution is -2.47. The van der Waals surface area contributed by atoms with Crippen LogP contribution >= 0.6 is 0 Å². The normalized spacial score (nSPS) is 11.6. The number of ketones is 1. The molecule has 0 aliphatic carbocycles. The minimum atomic E-state index is -1.31. The van der Waals surface area contributed by atoms with E-state index in [1.54, 1.807) is 118 Å². The largest absolute Gasteiger partial charge is 0.508 e. The second-order valence-corrected chi connectivity index (χ2v) is 18.8. The first-order valence-corrected chi connectivity index (χ1v) is 26.1. The van der Waals surface area contributed by atoms with Crippen molar-refractivity contribution in [2.75, 3.05) is 13.1 Å². The van der Waals surface area contributed by atoms with E-state index in [0.29, 0.717) is 34.2 Å². The Labute approximate surface area is 469 Å². The first-order valence-electron chi connectivity index (χ1n) is 26.1. The maximum absolute atomic E-state index is 14.5. The number of guanidine groups is 2. The van der Waals surface area contributed by atoms with Gasteiger partial charge in [-0.2, -0.15) is 0 Å². The molecule has 0 heterocycles. The minimum absolute atomic E-state index is 0.0126. The van der Waals surface area contributed by atoms with Crippen molar-refractivity contribution in [3.63, 3.8) is 0 Å². The van der Waals surface area contributed by atoms with Crippen LogP contribution in [0.4, 0.5) is 19.2 Å². The zero-order valence-electron chi connectivity index (χ0n) is 45.2. The summed E-state index contributed by atoms with van der Waals surface area (Å²) in [7, 11) is 0. The second-order valence-electron chi connectivity index (χ2n) is 18.8. The van der Waals surface area contributed by atoms with E-state index >= 15 is 0 Å². The molecule has 0 radical (unpaired) electrons. The predicted octanol–water partition coefficient (Wildman–Crippen LogP) is 8.17. The summed E-state index contributed by atoms with van der Waals surface area (Å²) in [6.07, 6.45) is -4.14. The molecule has 6 amide bonds. The number of carbonyl (C=O) groups is 7. The van der Waals surface area contributed by atoms with E-state index in [4.69, 9.17) is 18.9 Å². The third kappa shape index (κ3) is 22.2. The molecule has 6 rings (SSSR count). The Kier molecular flexibility index (Phi) is 24.0. The fourth-order valence-corrected chi connectivity index (χ4v) is 8.07. The van der Waals surface area contributed by atoms with Crippen molar-refractivity contribution in [2.24, 2.45) is 15.9 Å². The van der Waals surface area contributed by atoms with E-state index in [-0.39, 0.29) is 70.5 Å². The fraction of sp³-hybridized carbons (Fsp3) is 0.262. The molecule has 0 unspecified atom stereocenters. The van der Waals surface area contributed by atoms with Gasteiger partial charge in [0.05, 0.1) is 12.6 Å². The molecule has 0 saturated heterocycles. The van der Waals surface area contributed by atoms with Crippen molar-refractivity contribution in [3.05, 3.63) is 208 Å². The highest BCUT2D eigenvalue weighted by Gasteiger charge is 2.28. The summed E-state index contributed by atoms with van der Waals surface area (Å²) in [5.74, 6) is -3.23. The Morgan fingerprint density at radius 1 is 0.519 bits per heavy atom. The average Bonchev–Trinajstić information content (AvgIpc) is 3.48. The number of benzene rings is 6. The number of aliphatic imine (C=N–C) groups is 2. The number of alkyl carbamates (subject to hydrolysis) is 4. The minimum Gasteiger partial charge on any atom is -0.508 e. The van der Waals surface area contributed by atoms with E-state index in [0.717, 1.165) is 16.7 Å². The zero-order valence-corrected chi connectivity index (χ0v) is 45.2. The molecule has 6 aromatic carbocycles. The lowest BCUT2D eigenvalue weighted by Gasteiger charge is -2.22. The predicted molar refractivity (Wildman–Crippen MR) is 302 cm³/mol. The molecule has 422 valence electrons. The molecule has 3 atom stereocenters. The number of phenols is 1. The summed E-state index contributed by atoms with van der Waals surface area (Å²) in [6.45, 7) is 4.44. The van der Waals surface area contributed by atoms with Crippen molar-refractivity contribution in [1.29, 1.82) is 0 Å². The van der Waals surface area contributed by atoms with Crippen LogP contribution in [0, 0.1) is 19.8 Å². The molecule has 6 aromatic rings. The molecule has 20 nitrogen and oxygen atoms in total. The van der Waals surface area contributed by atoms with Gasteiger partial charge in [-0.05, 0) is 76.9 Å². The second kappa shape index (κ2) is 32.1. The van der Waals surface area contributed by atoms with Gasteiger partial charge in [-0.25, -0.2) is 24.2 Å². The van der Waals surface area contributed by atoms with Gasteiger partial charge in [0.1, 0.15) is 38.2 Å². The first kappa shape index (κ1) is 60.4. The molecule has 20 heteroatoms. The Hall–Kier alpha value is -9.85.